The van der Waals surface area contributed by atoms with E-state index in [2.05, 4.69) is 29.8 Å². The third-order valence-corrected chi connectivity index (χ3v) is 2.66. The average Bonchev–Trinajstić information content (AvgIpc) is 2.61. The fourth-order valence-electron chi connectivity index (χ4n) is 1.78. The Kier molecular flexibility index (Phi) is 4.57. The van der Waals surface area contributed by atoms with E-state index in [4.69, 9.17) is 0 Å². The van der Waals surface area contributed by atoms with E-state index in [-0.39, 0.29) is 0 Å². The van der Waals surface area contributed by atoms with Gasteiger partial charge in [-0.3, -0.25) is 0 Å². The molecule has 14 heavy (non-hydrogen) atoms. The van der Waals surface area contributed by atoms with E-state index in [1.807, 2.05) is 6.08 Å². The number of hydrogen-bond donors (Lipinski definition) is 0. The van der Waals surface area contributed by atoms with Crippen LogP contribution in [-0.2, 0) is 4.79 Å². The van der Waals surface area contributed by atoms with Crippen LogP contribution in [0.15, 0.2) is 17.1 Å². The van der Waals surface area contributed by atoms with Gasteiger partial charge in [-0.25, -0.2) is 9.79 Å². The smallest absolute Gasteiger partial charge is 0.235 e. The summed E-state index contributed by atoms with van der Waals surface area (Å²) in [5, 5.41) is 0. The molecular weight excluding hydrogens is 176 g/mol. The van der Waals surface area contributed by atoms with Crippen molar-refractivity contribution in [3.63, 3.8) is 0 Å². The SMILES string of the molecule is CC(C)N1CCC(/C=C\CN=C=O)C1. The van der Waals surface area contributed by atoms with E-state index in [1.54, 1.807) is 0 Å². The van der Waals surface area contributed by atoms with Crippen LogP contribution in [0.4, 0.5) is 0 Å². The lowest BCUT2D eigenvalue weighted by Crippen LogP contribution is -2.27. The molecule has 0 saturated carbocycles. The van der Waals surface area contributed by atoms with Gasteiger partial charge in [-0.1, -0.05) is 12.2 Å². The van der Waals surface area contributed by atoms with Crippen molar-refractivity contribution >= 4 is 6.08 Å². The minimum Gasteiger partial charge on any atom is -0.300 e. The highest BCUT2D eigenvalue weighted by Gasteiger charge is 2.21. The van der Waals surface area contributed by atoms with Gasteiger partial charge in [0.2, 0.25) is 6.08 Å². The minimum absolute atomic E-state index is 0.474. The Labute approximate surface area is 85.5 Å². The van der Waals surface area contributed by atoms with Gasteiger partial charge in [0.05, 0.1) is 6.54 Å². The van der Waals surface area contributed by atoms with Gasteiger partial charge in [-0.15, -0.1) is 0 Å². The second-order valence-electron chi connectivity index (χ2n) is 4.00. The number of aliphatic imine (C=N–C) groups is 1. The van der Waals surface area contributed by atoms with Crippen LogP contribution in [0.25, 0.3) is 0 Å². The molecule has 3 nitrogen and oxygen atoms in total. The van der Waals surface area contributed by atoms with E-state index in [0.717, 1.165) is 6.54 Å². The molecule has 0 aromatic rings. The summed E-state index contributed by atoms with van der Waals surface area (Å²) in [5.41, 5.74) is 0. The molecule has 0 amide bonds. The molecule has 0 N–H and O–H groups in total. The fraction of sp³-hybridized carbons (Fsp3) is 0.727. The molecule has 1 fully saturated rings. The zero-order valence-corrected chi connectivity index (χ0v) is 8.94. The van der Waals surface area contributed by atoms with E-state index in [1.165, 1.54) is 19.0 Å². The van der Waals surface area contributed by atoms with Gasteiger partial charge in [0, 0.05) is 12.6 Å². The zero-order valence-electron chi connectivity index (χ0n) is 8.94. The number of hydrogen-bond acceptors (Lipinski definition) is 3. The van der Waals surface area contributed by atoms with Gasteiger partial charge >= 0.3 is 0 Å². The molecule has 1 unspecified atom stereocenters. The maximum absolute atomic E-state index is 9.81. The number of isocyanates is 1. The molecule has 0 aromatic heterocycles. The van der Waals surface area contributed by atoms with Crippen LogP contribution in [-0.4, -0.2) is 36.7 Å². The minimum atomic E-state index is 0.474. The standard InChI is InChI=1S/C11H18N2O/c1-10(2)13-7-5-11(8-13)4-3-6-12-9-14/h3-4,10-11H,5-8H2,1-2H3/b4-3-. The number of rotatable bonds is 4. The van der Waals surface area contributed by atoms with Crippen LogP contribution in [0.3, 0.4) is 0 Å². The lowest BCUT2D eigenvalue weighted by Gasteiger charge is -2.19. The van der Waals surface area contributed by atoms with Gasteiger partial charge in [-0.2, -0.15) is 0 Å². The monoisotopic (exact) mass is 194 g/mol. The van der Waals surface area contributed by atoms with Crippen molar-refractivity contribution in [1.29, 1.82) is 0 Å². The molecule has 1 rings (SSSR count). The first kappa shape index (κ1) is 11.2. The second-order valence-corrected chi connectivity index (χ2v) is 4.00. The van der Waals surface area contributed by atoms with E-state index >= 15 is 0 Å². The van der Waals surface area contributed by atoms with Gasteiger partial charge < -0.3 is 4.90 Å². The first-order valence-electron chi connectivity index (χ1n) is 5.18. The van der Waals surface area contributed by atoms with Crippen molar-refractivity contribution < 1.29 is 4.79 Å². The fourth-order valence-corrected chi connectivity index (χ4v) is 1.78. The molecule has 0 aliphatic carbocycles. The van der Waals surface area contributed by atoms with Gasteiger partial charge in [0.1, 0.15) is 0 Å². The Hall–Kier alpha value is -0.920. The summed E-state index contributed by atoms with van der Waals surface area (Å²) in [4.78, 5) is 15.8. The van der Waals surface area contributed by atoms with E-state index in [0.29, 0.717) is 18.5 Å². The Morgan fingerprint density at radius 3 is 3.00 bits per heavy atom. The molecular formula is C11H18N2O. The third kappa shape index (κ3) is 3.44. The molecule has 1 saturated heterocycles. The molecule has 78 valence electrons. The molecule has 1 aliphatic rings. The maximum Gasteiger partial charge on any atom is 0.235 e. The van der Waals surface area contributed by atoms with Crippen molar-refractivity contribution in [3.05, 3.63) is 12.2 Å². The van der Waals surface area contributed by atoms with Crippen LogP contribution in [0.2, 0.25) is 0 Å². The molecule has 0 aromatic carbocycles. The van der Waals surface area contributed by atoms with Crippen LogP contribution >= 0.6 is 0 Å². The van der Waals surface area contributed by atoms with E-state index in [9.17, 15) is 4.79 Å². The molecule has 0 spiro atoms. The summed E-state index contributed by atoms with van der Waals surface area (Å²) in [6, 6.07) is 0.640. The third-order valence-electron chi connectivity index (χ3n) is 2.66. The van der Waals surface area contributed by atoms with Crippen molar-refractivity contribution in [2.45, 2.75) is 26.3 Å². The Morgan fingerprint density at radius 2 is 2.43 bits per heavy atom. The summed E-state index contributed by atoms with van der Waals surface area (Å²) in [6.07, 6.45) is 6.88. The molecule has 0 bridgehead atoms. The lowest BCUT2D eigenvalue weighted by molar-refractivity contribution is 0.270. The van der Waals surface area contributed by atoms with Crippen LogP contribution in [0.1, 0.15) is 20.3 Å². The molecule has 1 heterocycles. The predicted molar refractivity (Wildman–Crippen MR) is 56.9 cm³/mol. The van der Waals surface area contributed by atoms with E-state index < -0.39 is 0 Å². The predicted octanol–water partition coefficient (Wildman–Crippen LogP) is 1.61. The number of likely N-dealkylation sites (tertiary alicyclic amines) is 1. The highest BCUT2D eigenvalue weighted by atomic mass is 16.1. The first-order valence-corrected chi connectivity index (χ1v) is 5.18. The lowest BCUT2D eigenvalue weighted by atomic mass is 10.1. The molecule has 0 radical (unpaired) electrons. The van der Waals surface area contributed by atoms with Gasteiger partial charge in [-0.05, 0) is 32.7 Å². The number of carbonyl (C=O) groups excluding carboxylic acids is 1. The van der Waals surface area contributed by atoms with Crippen LogP contribution in [0.5, 0.6) is 0 Å². The normalized spacial score (nSPS) is 23.2. The Bertz CT molecular complexity index is 242. The van der Waals surface area contributed by atoms with Crippen LogP contribution < -0.4 is 0 Å². The summed E-state index contributed by atoms with van der Waals surface area (Å²) in [5.74, 6) is 0.638. The quantitative estimate of drug-likeness (QED) is 0.387. The molecule has 1 aliphatic heterocycles. The zero-order chi connectivity index (χ0) is 10.4. The second kappa shape index (κ2) is 5.74. The molecule has 1 atom stereocenters. The van der Waals surface area contributed by atoms with Gasteiger partial charge in [0.15, 0.2) is 0 Å². The van der Waals surface area contributed by atoms with Crippen molar-refractivity contribution in [1.82, 2.24) is 4.90 Å². The van der Waals surface area contributed by atoms with Crippen molar-refractivity contribution in [2.24, 2.45) is 10.9 Å². The highest BCUT2D eigenvalue weighted by molar-refractivity contribution is 5.33. The topological polar surface area (TPSA) is 32.7 Å². The number of nitrogens with zero attached hydrogens (tertiary/aromatic N) is 2. The summed E-state index contributed by atoms with van der Waals surface area (Å²) in [6.45, 7) is 7.25. The maximum atomic E-state index is 9.81. The Morgan fingerprint density at radius 1 is 1.64 bits per heavy atom. The van der Waals surface area contributed by atoms with Crippen LogP contribution in [0, 0.1) is 5.92 Å². The first-order chi connectivity index (χ1) is 6.74. The Balaban J connectivity index is 2.28. The summed E-state index contributed by atoms with van der Waals surface area (Å²) in [7, 11) is 0. The highest BCUT2D eigenvalue weighted by Crippen LogP contribution is 2.19. The van der Waals surface area contributed by atoms with Gasteiger partial charge in [0.25, 0.3) is 0 Å². The largest absolute Gasteiger partial charge is 0.300 e. The molecule has 3 heteroatoms. The van der Waals surface area contributed by atoms with Crippen molar-refractivity contribution in [2.75, 3.05) is 19.6 Å². The summed E-state index contributed by atoms with van der Waals surface area (Å²) >= 11 is 0. The summed E-state index contributed by atoms with van der Waals surface area (Å²) < 4.78 is 0. The van der Waals surface area contributed by atoms with Crippen molar-refractivity contribution in [3.8, 4) is 0 Å². The average molecular weight is 194 g/mol.